The van der Waals surface area contributed by atoms with Crippen LogP contribution in [-0.4, -0.2) is 35.4 Å². The van der Waals surface area contributed by atoms with Crippen LogP contribution < -0.4 is 0 Å². The van der Waals surface area contributed by atoms with Crippen molar-refractivity contribution < 1.29 is 17.7 Å². The average Bonchev–Trinajstić information content (AvgIpc) is 1.90. The van der Waals surface area contributed by atoms with E-state index in [9.17, 15) is 4.39 Å². The lowest BCUT2D eigenvalue weighted by Crippen LogP contribution is -2.58. The molecule has 0 heterocycles. The Labute approximate surface area is 67.8 Å². The highest BCUT2D eigenvalue weighted by atomic mass is 28.4. The fourth-order valence-corrected chi connectivity index (χ4v) is 2.93. The highest BCUT2D eigenvalue weighted by Crippen LogP contribution is 2.25. The van der Waals surface area contributed by atoms with E-state index in [1.807, 2.05) is 0 Å². The standard InChI is InChI=1S/C6H15FO3Si/c1-6(2,7)11(8-3,9-4)10-5/h1-5H3. The second kappa shape index (κ2) is 3.62. The normalized spacial score (nSPS) is 13.6. The van der Waals surface area contributed by atoms with E-state index >= 15 is 0 Å². The molecule has 0 bridgehead atoms. The molecule has 0 rings (SSSR count). The molecule has 0 aromatic rings. The van der Waals surface area contributed by atoms with E-state index in [0.717, 1.165) is 0 Å². The maximum Gasteiger partial charge on any atom is 0.538 e. The fraction of sp³-hybridized carbons (Fsp3) is 1.00. The van der Waals surface area contributed by atoms with Crippen LogP contribution >= 0.6 is 0 Å². The first-order chi connectivity index (χ1) is 4.93. The van der Waals surface area contributed by atoms with Gasteiger partial charge in [0.15, 0.2) is 5.29 Å². The number of halogens is 1. The summed E-state index contributed by atoms with van der Waals surface area (Å²) in [6.45, 7) is 2.77. The Hall–Kier alpha value is 0.0269. The first kappa shape index (κ1) is 11.0. The molecule has 0 aliphatic heterocycles. The molecule has 0 unspecified atom stereocenters. The van der Waals surface area contributed by atoms with Crippen LogP contribution in [0.2, 0.25) is 0 Å². The van der Waals surface area contributed by atoms with E-state index < -0.39 is 14.1 Å². The molecule has 0 fully saturated rings. The van der Waals surface area contributed by atoms with E-state index in [0.29, 0.717) is 0 Å². The van der Waals surface area contributed by atoms with E-state index in [-0.39, 0.29) is 0 Å². The molecular formula is C6H15FO3Si. The Bertz CT molecular complexity index is 111. The van der Waals surface area contributed by atoms with Gasteiger partial charge in [0.1, 0.15) is 0 Å². The summed E-state index contributed by atoms with van der Waals surface area (Å²) in [4.78, 5) is 0. The van der Waals surface area contributed by atoms with Crippen molar-refractivity contribution in [3.63, 3.8) is 0 Å². The van der Waals surface area contributed by atoms with Crippen LogP contribution in [0.5, 0.6) is 0 Å². The molecule has 0 saturated carbocycles. The summed E-state index contributed by atoms with van der Waals surface area (Å²) >= 11 is 0. The van der Waals surface area contributed by atoms with Gasteiger partial charge in [-0.3, -0.25) is 0 Å². The minimum absolute atomic E-state index is 1.38. The van der Waals surface area contributed by atoms with Crippen molar-refractivity contribution in [2.24, 2.45) is 0 Å². The molecule has 0 atom stereocenters. The Balaban J connectivity index is 4.54. The van der Waals surface area contributed by atoms with Crippen molar-refractivity contribution in [3.8, 4) is 0 Å². The zero-order chi connectivity index (χ0) is 9.12. The van der Waals surface area contributed by atoms with Crippen molar-refractivity contribution >= 4 is 8.80 Å². The van der Waals surface area contributed by atoms with Crippen molar-refractivity contribution in [2.75, 3.05) is 21.3 Å². The first-order valence-electron chi connectivity index (χ1n) is 3.28. The minimum Gasteiger partial charge on any atom is -0.375 e. The van der Waals surface area contributed by atoms with Gasteiger partial charge in [0.05, 0.1) is 0 Å². The first-order valence-corrected chi connectivity index (χ1v) is 5.00. The molecule has 0 aromatic carbocycles. The van der Waals surface area contributed by atoms with Crippen LogP contribution in [0, 0.1) is 0 Å². The Morgan fingerprint density at radius 3 is 1.27 bits per heavy atom. The van der Waals surface area contributed by atoms with Gasteiger partial charge >= 0.3 is 8.80 Å². The maximum atomic E-state index is 13.4. The van der Waals surface area contributed by atoms with Gasteiger partial charge < -0.3 is 13.3 Å². The fourth-order valence-electron chi connectivity index (χ4n) is 0.978. The van der Waals surface area contributed by atoms with E-state index in [4.69, 9.17) is 13.3 Å². The van der Waals surface area contributed by atoms with Gasteiger partial charge in [0.25, 0.3) is 0 Å². The van der Waals surface area contributed by atoms with Crippen LogP contribution in [0.1, 0.15) is 13.8 Å². The van der Waals surface area contributed by atoms with E-state index in [1.54, 1.807) is 0 Å². The summed E-state index contributed by atoms with van der Waals surface area (Å²) in [6, 6.07) is 0. The second-order valence-electron chi connectivity index (χ2n) is 2.64. The van der Waals surface area contributed by atoms with E-state index in [1.165, 1.54) is 35.2 Å². The second-order valence-corrected chi connectivity index (χ2v) is 6.17. The van der Waals surface area contributed by atoms with E-state index in [2.05, 4.69) is 0 Å². The summed E-state index contributed by atoms with van der Waals surface area (Å²) < 4.78 is 28.2. The van der Waals surface area contributed by atoms with Crippen LogP contribution in [-0.2, 0) is 13.3 Å². The molecule has 0 aliphatic rings. The monoisotopic (exact) mass is 182 g/mol. The molecule has 0 amide bonds. The quantitative estimate of drug-likeness (QED) is 0.610. The van der Waals surface area contributed by atoms with Gasteiger partial charge in [-0.05, 0) is 13.8 Å². The minimum atomic E-state index is -3.09. The molecule has 0 spiro atoms. The van der Waals surface area contributed by atoms with Gasteiger partial charge in [0, 0.05) is 21.3 Å². The molecule has 0 N–H and O–H groups in total. The largest absolute Gasteiger partial charge is 0.538 e. The Kier molecular flexibility index (Phi) is 3.63. The number of rotatable bonds is 4. The Morgan fingerprint density at radius 1 is 1.00 bits per heavy atom. The number of alkyl halides is 1. The van der Waals surface area contributed by atoms with Gasteiger partial charge in [-0.15, -0.1) is 0 Å². The third-order valence-corrected chi connectivity index (χ3v) is 4.60. The molecule has 0 aliphatic carbocycles. The summed E-state index contributed by atoms with van der Waals surface area (Å²) in [7, 11) is 1.08. The molecular weight excluding hydrogens is 167 g/mol. The molecule has 11 heavy (non-hydrogen) atoms. The van der Waals surface area contributed by atoms with Crippen molar-refractivity contribution in [2.45, 2.75) is 19.1 Å². The third-order valence-electron chi connectivity index (χ3n) is 1.53. The molecule has 0 radical (unpaired) electrons. The van der Waals surface area contributed by atoms with Gasteiger partial charge in [-0.2, -0.15) is 0 Å². The lowest BCUT2D eigenvalue weighted by molar-refractivity contribution is 0.0601. The molecule has 5 heteroatoms. The third kappa shape index (κ3) is 1.99. The SMILES string of the molecule is CO[Si](OC)(OC)C(C)(C)F. The number of hydrogen-bond acceptors (Lipinski definition) is 3. The summed E-state index contributed by atoms with van der Waals surface area (Å²) in [5.41, 5.74) is 0. The summed E-state index contributed by atoms with van der Waals surface area (Å²) in [5, 5.41) is -1.56. The van der Waals surface area contributed by atoms with Crippen molar-refractivity contribution in [1.29, 1.82) is 0 Å². The summed E-state index contributed by atoms with van der Waals surface area (Å²) in [6.07, 6.45) is 0. The van der Waals surface area contributed by atoms with Crippen LogP contribution in [0.15, 0.2) is 0 Å². The topological polar surface area (TPSA) is 27.7 Å². The smallest absolute Gasteiger partial charge is 0.375 e. The van der Waals surface area contributed by atoms with Crippen molar-refractivity contribution in [1.82, 2.24) is 0 Å². The highest BCUT2D eigenvalue weighted by molar-refractivity contribution is 6.63. The lowest BCUT2D eigenvalue weighted by atomic mass is 10.5. The average molecular weight is 182 g/mol. The zero-order valence-corrected chi connectivity index (χ0v) is 8.60. The predicted octanol–water partition coefficient (Wildman–Crippen LogP) is 1.15. The van der Waals surface area contributed by atoms with Crippen LogP contribution in [0.4, 0.5) is 4.39 Å². The zero-order valence-electron chi connectivity index (χ0n) is 7.60. The predicted molar refractivity (Wildman–Crippen MR) is 42.0 cm³/mol. The molecule has 68 valence electrons. The highest BCUT2D eigenvalue weighted by Gasteiger charge is 2.55. The maximum absolute atomic E-state index is 13.4. The molecule has 0 aromatic heterocycles. The van der Waals surface area contributed by atoms with Crippen LogP contribution in [0.25, 0.3) is 0 Å². The number of hydrogen-bond donors (Lipinski definition) is 0. The lowest BCUT2D eigenvalue weighted by Gasteiger charge is -2.32. The Morgan fingerprint density at radius 2 is 1.27 bits per heavy atom. The van der Waals surface area contributed by atoms with Gasteiger partial charge in [0.2, 0.25) is 0 Å². The molecule has 3 nitrogen and oxygen atoms in total. The van der Waals surface area contributed by atoms with Crippen LogP contribution in [0.3, 0.4) is 0 Å². The molecule has 0 saturated heterocycles. The van der Waals surface area contributed by atoms with Crippen molar-refractivity contribution in [3.05, 3.63) is 0 Å². The summed E-state index contributed by atoms with van der Waals surface area (Å²) in [5.74, 6) is 0. The van der Waals surface area contributed by atoms with Gasteiger partial charge in [-0.25, -0.2) is 4.39 Å². The van der Waals surface area contributed by atoms with Gasteiger partial charge in [-0.1, -0.05) is 0 Å².